The van der Waals surface area contributed by atoms with Gasteiger partial charge < -0.3 is 0 Å². The van der Waals surface area contributed by atoms with Crippen molar-refractivity contribution in [3.63, 3.8) is 0 Å². The van der Waals surface area contributed by atoms with E-state index in [0.29, 0.717) is 0 Å². The van der Waals surface area contributed by atoms with Gasteiger partial charge in [-0.05, 0) is 39.5 Å². The minimum absolute atomic E-state index is 0.735. The lowest BCUT2D eigenvalue weighted by molar-refractivity contribution is 0.203. The van der Waals surface area contributed by atoms with E-state index in [1.54, 1.807) is 5.57 Å². The Bertz CT molecular complexity index is 193. The number of fused-ring (bicyclic) bond motifs is 1. The summed E-state index contributed by atoms with van der Waals surface area (Å²) in [5.74, 6) is 0. The van der Waals surface area contributed by atoms with Crippen LogP contribution in [0.5, 0.6) is 0 Å². The molecule has 68 valence electrons. The summed E-state index contributed by atoms with van der Waals surface area (Å²) in [4.78, 5) is 2.66. The van der Waals surface area contributed by atoms with Gasteiger partial charge in [0.2, 0.25) is 0 Å². The molecule has 0 spiro atoms. The molecule has 1 fully saturated rings. The Hall–Kier alpha value is -0.300. The molecule has 1 aliphatic heterocycles. The van der Waals surface area contributed by atoms with Crippen molar-refractivity contribution >= 4 is 0 Å². The van der Waals surface area contributed by atoms with Gasteiger partial charge in [0, 0.05) is 18.6 Å². The average molecular weight is 165 g/mol. The highest BCUT2D eigenvalue weighted by Crippen LogP contribution is 2.32. The highest BCUT2D eigenvalue weighted by molar-refractivity contribution is 5.19. The number of allylic oxidation sites excluding steroid dienone is 1. The van der Waals surface area contributed by atoms with Gasteiger partial charge in [-0.1, -0.05) is 11.6 Å². The normalized spacial score (nSPS) is 30.6. The monoisotopic (exact) mass is 165 g/mol. The summed E-state index contributed by atoms with van der Waals surface area (Å²) in [7, 11) is 0. The van der Waals surface area contributed by atoms with Crippen LogP contribution in [0.15, 0.2) is 11.6 Å². The van der Waals surface area contributed by atoms with Crippen molar-refractivity contribution in [2.45, 2.75) is 51.6 Å². The Morgan fingerprint density at radius 3 is 3.08 bits per heavy atom. The summed E-state index contributed by atoms with van der Waals surface area (Å²) < 4.78 is 0. The maximum absolute atomic E-state index is 2.66. The van der Waals surface area contributed by atoms with Gasteiger partial charge in [-0.15, -0.1) is 0 Å². The molecular formula is C11H19N. The average Bonchev–Trinajstić information content (AvgIpc) is 2.47. The quantitative estimate of drug-likeness (QED) is 0.540. The van der Waals surface area contributed by atoms with E-state index in [2.05, 4.69) is 24.8 Å². The Labute approximate surface area is 75.4 Å². The molecule has 0 bridgehead atoms. The highest BCUT2D eigenvalue weighted by Gasteiger charge is 2.31. The second kappa shape index (κ2) is 3.21. The zero-order valence-electron chi connectivity index (χ0n) is 8.21. The standard InChI is InChI=1S/C11H19N/c1-9(2)12-8-7-10-5-3-4-6-11(10)12/h5,9,11H,3-4,6-8H2,1-2H3. The molecule has 0 radical (unpaired) electrons. The van der Waals surface area contributed by atoms with Gasteiger partial charge in [0.05, 0.1) is 0 Å². The molecule has 0 aromatic carbocycles. The number of nitrogens with zero attached hydrogens (tertiary/aromatic N) is 1. The molecule has 0 aromatic rings. The Morgan fingerprint density at radius 1 is 1.50 bits per heavy atom. The van der Waals surface area contributed by atoms with Crippen LogP contribution in [-0.2, 0) is 0 Å². The Kier molecular flexibility index (Phi) is 2.22. The lowest BCUT2D eigenvalue weighted by Gasteiger charge is -2.30. The number of likely N-dealkylation sites (tertiary alicyclic amines) is 1. The van der Waals surface area contributed by atoms with Crippen molar-refractivity contribution in [2.75, 3.05) is 6.54 Å². The minimum Gasteiger partial charge on any atom is -0.294 e. The molecule has 2 rings (SSSR count). The first kappa shape index (κ1) is 8.31. The summed E-state index contributed by atoms with van der Waals surface area (Å²) in [5.41, 5.74) is 1.73. The van der Waals surface area contributed by atoms with Crippen LogP contribution in [0.2, 0.25) is 0 Å². The van der Waals surface area contributed by atoms with Crippen molar-refractivity contribution in [1.82, 2.24) is 4.90 Å². The van der Waals surface area contributed by atoms with Crippen LogP contribution in [0.4, 0.5) is 0 Å². The van der Waals surface area contributed by atoms with Crippen molar-refractivity contribution in [1.29, 1.82) is 0 Å². The van der Waals surface area contributed by atoms with Gasteiger partial charge >= 0.3 is 0 Å². The SMILES string of the molecule is CC(C)N1CCC2=CCCCC21. The predicted octanol–water partition coefficient (Wildman–Crippen LogP) is 2.58. The van der Waals surface area contributed by atoms with Gasteiger partial charge in [0.15, 0.2) is 0 Å². The molecule has 0 aromatic heterocycles. The van der Waals surface area contributed by atoms with Crippen molar-refractivity contribution in [3.05, 3.63) is 11.6 Å². The predicted molar refractivity (Wildman–Crippen MR) is 52.2 cm³/mol. The van der Waals surface area contributed by atoms with E-state index >= 15 is 0 Å². The van der Waals surface area contributed by atoms with E-state index in [9.17, 15) is 0 Å². The van der Waals surface area contributed by atoms with Crippen molar-refractivity contribution < 1.29 is 0 Å². The molecule has 0 amide bonds. The second-order valence-electron chi connectivity index (χ2n) is 4.31. The lowest BCUT2D eigenvalue weighted by atomic mass is 9.94. The fourth-order valence-electron chi connectivity index (χ4n) is 2.60. The van der Waals surface area contributed by atoms with Gasteiger partial charge in [-0.25, -0.2) is 0 Å². The minimum atomic E-state index is 0.735. The smallest absolute Gasteiger partial charge is 0.0310 e. The van der Waals surface area contributed by atoms with Crippen LogP contribution < -0.4 is 0 Å². The van der Waals surface area contributed by atoms with Crippen LogP contribution in [0.3, 0.4) is 0 Å². The molecule has 1 atom stereocenters. The van der Waals surface area contributed by atoms with Crippen LogP contribution in [-0.4, -0.2) is 23.5 Å². The summed E-state index contributed by atoms with van der Waals surface area (Å²) in [6.07, 6.45) is 7.96. The molecule has 2 aliphatic rings. The third-order valence-electron chi connectivity index (χ3n) is 3.24. The fraction of sp³-hybridized carbons (Fsp3) is 0.818. The zero-order valence-corrected chi connectivity index (χ0v) is 8.21. The Morgan fingerprint density at radius 2 is 2.33 bits per heavy atom. The first-order chi connectivity index (χ1) is 5.79. The van der Waals surface area contributed by atoms with Crippen LogP contribution in [0.1, 0.15) is 39.5 Å². The molecule has 1 unspecified atom stereocenters. The molecule has 1 heteroatoms. The fourth-order valence-corrected chi connectivity index (χ4v) is 2.60. The van der Waals surface area contributed by atoms with E-state index in [0.717, 1.165) is 12.1 Å². The van der Waals surface area contributed by atoms with E-state index in [1.165, 1.54) is 32.2 Å². The zero-order chi connectivity index (χ0) is 8.55. The molecule has 1 saturated heterocycles. The number of hydrogen-bond acceptors (Lipinski definition) is 1. The third kappa shape index (κ3) is 1.31. The largest absolute Gasteiger partial charge is 0.294 e. The molecule has 0 saturated carbocycles. The molecule has 1 heterocycles. The van der Waals surface area contributed by atoms with Crippen LogP contribution >= 0.6 is 0 Å². The Balaban J connectivity index is 2.12. The second-order valence-corrected chi connectivity index (χ2v) is 4.31. The summed E-state index contributed by atoms with van der Waals surface area (Å²) >= 11 is 0. The topological polar surface area (TPSA) is 3.24 Å². The molecule has 12 heavy (non-hydrogen) atoms. The summed E-state index contributed by atoms with van der Waals surface area (Å²) in [6.45, 7) is 5.93. The van der Waals surface area contributed by atoms with Crippen molar-refractivity contribution in [2.24, 2.45) is 0 Å². The summed E-state index contributed by atoms with van der Waals surface area (Å²) in [6, 6.07) is 1.55. The van der Waals surface area contributed by atoms with Gasteiger partial charge in [-0.3, -0.25) is 4.90 Å². The van der Waals surface area contributed by atoms with Gasteiger partial charge in [-0.2, -0.15) is 0 Å². The van der Waals surface area contributed by atoms with Crippen LogP contribution in [0.25, 0.3) is 0 Å². The van der Waals surface area contributed by atoms with Gasteiger partial charge in [0.25, 0.3) is 0 Å². The lowest BCUT2D eigenvalue weighted by Crippen LogP contribution is -2.36. The number of hydrogen-bond donors (Lipinski definition) is 0. The maximum Gasteiger partial charge on any atom is 0.0310 e. The first-order valence-electron chi connectivity index (χ1n) is 5.23. The van der Waals surface area contributed by atoms with E-state index < -0.39 is 0 Å². The highest BCUT2D eigenvalue weighted by atomic mass is 15.2. The van der Waals surface area contributed by atoms with Crippen molar-refractivity contribution in [3.8, 4) is 0 Å². The van der Waals surface area contributed by atoms with E-state index in [1.807, 2.05) is 0 Å². The van der Waals surface area contributed by atoms with E-state index in [-0.39, 0.29) is 0 Å². The molecule has 1 nitrogen and oxygen atoms in total. The molecular weight excluding hydrogens is 146 g/mol. The number of rotatable bonds is 1. The van der Waals surface area contributed by atoms with E-state index in [4.69, 9.17) is 0 Å². The third-order valence-corrected chi connectivity index (χ3v) is 3.24. The van der Waals surface area contributed by atoms with Gasteiger partial charge in [0.1, 0.15) is 0 Å². The maximum atomic E-state index is 2.66. The van der Waals surface area contributed by atoms with Crippen LogP contribution in [0, 0.1) is 0 Å². The first-order valence-corrected chi connectivity index (χ1v) is 5.23. The molecule has 1 aliphatic carbocycles. The summed E-state index contributed by atoms with van der Waals surface area (Å²) in [5, 5.41) is 0. The molecule has 0 N–H and O–H groups in total.